The highest BCUT2D eigenvalue weighted by Crippen LogP contribution is 2.39. The molecule has 3 rings (SSSR count). The highest BCUT2D eigenvalue weighted by Gasteiger charge is 2.42. The van der Waals surface area contributed by atoms with Crippen molar-refractivity contribution in [3.05, 3.63) is 22.7 Å². The molecule has 1 aliphatic carbocycles. The number of hydrogen-bond donors (Lipinski definition) is 0. The Morgan fingerprint density at radius 3 is 2.71 bits per heavy atom. The molecule has 2 aliphatic rings. The fourth-order valence-corrected chi connectivity index (χ4v) is 6.05. The largest absolute Gasteiger partial charge is 0.496 e. The maximum Gasteiger partial charge on any atom is 0.243 e. The third kappa shape index (κ3) is 2.73. The van der Waals surface area contributed by atoms with Crippen molar-refractivity contribution < 1.29 is 13.2 Å². The molecule has 4 nitrogen and oxygen atoms in total. The van der Waals surface area contributed by atoms with Crippen LogP contribution in [0.15, 0.2) is 27.6 Å². The number of methoxy groups -OCH3 is 1. The van der Waals surface area contributed by atoms with Crippen LogP contribution in [0, 0.1) is 5.92 Å². The molecular weight excluding hydrogens is 354 g/mol. The molecule has 1 aromatic carbocycles. The fourth-order valence-electron chi connectivity index (χ4n) is 3.60. The van der Waals surface area contributed by atoms with Crippen LogP contribution in [-0.4, -0.2) is 32.4 Å². The Bertz CT molecular complexity index is 632. The second-order valence-corrected chi connectivity index (χ2v) is 8.56. The molecule has 0 radical (unpaired) electrons. The summed E-state index contributed by atoms with van der Waals surface area (Å²) < 4.78 is 33.4. The first-order valence-corrected chi connectivity index (χ1v) is 9.62. The van der Waals surface area contributed by atoms with E-state index in [1.807, 2.05) is 0 Å². The third-order valence-corrected chi connectivity index (χ3v) is 7.23. The molecular formula is C15H20BrNO3S. The maximum atomic E-state index is 12.9. The molecule has 0 aromatic heterocycles. The van der Waals surface area contributed by atoms with Gasteiger partial charge in [0.1, 0.15) is 5.75 Å². The topological polar surface area (TPSA) is 46.6 Å². The van der Waals surface area contributed by atoms with Crippen molar-refractivity contribution in [3.8, 4) is 5.75 Å². The number of ether oxygens (including phenoxy) is 1. The average molecular weight is 374 g/mol. The van der Waals surface area contributed by atoms with Crippen LogP contribution in [-0.2, 0) is 10.0 Å². The Labute approximate surface area is 134 Å². The quantitative estimate of drug-likeness (QED) is 0.815. The van der Waals surface area contributed by atoms with Gasteiger partial charge in [-0.3, -0.25) is 0 Å². The van der Waals surface area contributed by atoms with Gasteiger partial charge in [0.15, 0.2) is 0 Å². The molecule has 6 heteroatoms. The second-order valence-electron chi connectivity index (χ2n) is 5.81. The van der Waals surface area contributed by atoms with Gasteiger partial charge in [-0.25, -0.2) is 8.42 Å². The first-order valence-electron chi connectivity index (χ1n) is 7.39. The third-order valence-electron chi connectivity index (χ3n) is 4.69. The number of benzene rings is 1. The molecule has 2 fully saturated rings. The molecule has 2 atom stereocenters. The van der Waals surface area contributed by atoms with Crippen LogP contribution in [0.2, 0.25) is 0 Å². The Hall–Kier alpha value is -0.590. The molecule has 2 unspecified atom stereocenters. The zero-order chi connectivity index (χ0) is 15.0. The van der Waals surface area contributed by atoms with Crippen molar-refractivity contribution in [3.63, 3.8) is 0 Å². The van der Waals surface area contributed by atoms with Crippen LogP contribution >= 0.6 is 15.9 Å². The minimum atomic E-state index is -3.41. The molecule has 0 N–H and O–H groups in total. The number of hydrogen-bond acceptors (Lipinski definition) is 3. The molecule has 1 heterocycles. The van der Waals surface area contributed by atoms with Gasteiger partial charge < -0.3 is 4.74 Å². The van der Waals surface area contributed by atoms with Crippen LogP contribution in [0.1, 0.15) is 32.1 Å². The van der Waals surface area contributed by atoms with E-state index in [2.05, 4.69) is 15.9 Å². The smallest absolute Gasteiger partial charge is 0.243 e. The minimum absolute atomic E-state index is 0.199. The lowest BCUT2D eigenvalue weighted by atomic mass is 9.86. The molecule has 1 aliphatic heterocycles. The lowest BCUT2D eigenvalue weighted by Gasteiger charge is -2.31. The summed E-state index contributed by atoms with van der Waals surface area (Å²) in [4.78, 5) is 0.349. The van der Waals surface area contributed by atoms with Crippen LogP contribution in [0.5, 0.6) is 5.75 Å². The van der Waals surface area contributed by atoms with Gasteiger partial charge in [-0.15, -0.1) is 0 Å². The molecule has 0 amide bonds. The Balaban J connectivity index is 1.91. The summed E-state index contributed by atoms with van der Waals surface area (Å²) in [5, 5.41) is 0. The highest BCUT2D eigenvalue weighted by molar-refractivity contribution is 9.10. The van der Waals surface area contributed by atoms with Crippen molar-refractivity contribution in [1.82, 2.24) is 4.31 Å². The summed E-state index contributed by atoms with van der Waals surface area (Å²) in [7, 11) is -1.84. The molecule has 0 spiro atoms. The summed E-state index contributed by atoms with van der Waals surface area (Å²) >= 11 is 3.37. The van der Waals surface area contributed by atoms with E-state index in [1.54, 1.807) is 29.6 Å². The van der Waals surface area contributed by atoms with E-state index in [4.69, 9.17) is 4.74 Å². The molecule has 0 bridgehead atoms. The van der Waals surface area contributed by atoms with E-state index < -0.39 is 10.0 Å². The lowest BCUT2D eigenvalue weighted by molar-refractivity contribution is 0.260. The molecule has 1 saturated carbocycles. The number of halogens is 1. The number of fused-ring (bicyclic) bond motifs is 1. The van der Waals surface area contributed by atoms with Crippen molar-refractivity contribution in [2.75, 3.05) is 13.7 Å². The van der Waals surface area contributed by atoms with Crippen molar-refractivity contribution in [2.45, 2.75) is 43.0 Å². The molecule has 1 saturated heterocycles. The van der Waals surface area contributed by atoms with E-state index in [0.717, 1.165) is 19.3 Å². The highest BCUT2D eigenvalue weighted by atomic mass is 79.9. The second kappa shape index (κ2) is 5.89. The van der Waals surface area contributed by atoms with Gasteiger partial charge in [0, 0.05) is 12.6 Å². The molecule has 116 valence electrons. The van der Waals surface area contributed by atoms with Crippen LogP contribution in [0.4, 0.5) is 0 Å². The monoisotopic (exact) mass is 373 g/mol. The summed E-state index contributed by atoms with van der Waals surface area (Å²) in [5.41, 5.74) is 0. The Morgan fingerprint density at radius 1 is 1.24 bits per heavy atom. The lowest BCUT2D eigenvalue weighted by Crippen LogP contribution is -2.39. The van der Waals surface area contributed by atoms with Gasteiger partial charge in [0.2, 0.25) is 10.0 Å². The van der Waals surface area contributed by atoms with E-state index in [0.29, 0.717) is 27.6 Å². The SMILES string of the molecule is COc1ccc(S(=O)(=O)N2CCC3CCCCC32)cc1Br. The van der Waals surface area contributed by atoms with Crippen molar-refractivity contribution >= 4 is 26.0 Å². The Kier molecular flexibility index (Phi) is 4.30. The maximum absolute atomic E-state index is 12.9. The number of rotatable bonds is 3. The van der Waals surface area contributed by atoms with Crippen LogP contribution in [0.25, 0.3) is 0 Å². The zero-order valence-electron chi connectivity index (χ0n) is 12.1. The van der Waals surface area contributed by atoms with Crippen molar-refractivity contribution in [2.24, 2.45) is 5.92 Å². The molecule has 21 heavy (non-hydrogen) atoms. The predicted molar refractivity (Wildman–Crippen MR) is 84.9 cm³/mol. The summed E-state index contributed by atoms with van der Waals surface area (Å²) in [6, 6.07) is 5.18. The van der Waals surface area contributed by atoms with E-state index in [1.165, 1.54) is 12.8 Å². The van der Waals surface area contributed by atoms with Crippen LogP contribution < -0.4 is 4.74 Å². The van der Waals surface area contributed by atoms with Crippen LogP contribution in [0.3, 0.4) is 0 Å². The first-order chi connectivity index (χ1) is 10.0. The van der Waals surface area contributed by atoms with Gasteiger partial charge in [-0.05, 0) is 59.3 Å². The zero-order valence-corrected chi connectivity index (χ0v) is 14.5. The Morgan fingerprint density at radius 2 is 2.00 bits per heavy atom. The molecule has 1 aromatic rings. The summed E-state index contributed by atoms with van der Waals surface area (Å²) in [5.74, 6) is 1.20. The van der Waals surface area contributed by atoms with Gasteiger partial charge >= 0.3 is 0 Å². The van der Waals surface area contributed by atoms with E-state index >= 15 is 0 Å². The van der Waals surface area contributed by atoms with E-state index in [9.17, 15) is 8.42 Å². The van der Waals surface area contributed by atoms with Gasteiger partial charge in [-0.2, -0.15) is 4.31 Å². The predicted octanol–water partition coefficient (Wildman–Crippen LogP) is 3.41. The number of nitrogens with zero attached hydrogens (tertiary/aromatic N) is 1. The summed E-state index contributed by atoms with van der Waals surface area (Å²) in [6.07, 6.45) is 5.55. The van der Waals surface area contributed by atoms with E-state index in [-0.39, 0.29) is 6.04 Å². The first kappa shape index (κ1) is 15.3. The van der Waals surface area contributed by atoms with Crippen molar-refractivity contribution in [1.29, 1.82) is 0 Å². The van der Waals surface area contributed by atoms with Gasteiger partial charge in [0.05, 0.1) is 16.5 Å². The number of sulfonamides is 1. The minimum Gasteiger partial charge on any atom is -0.496 e. The average Bonchev–Trinajstić information content (AvgIpc) is 2.91. The van der Waals surface area contributed by atoms with Gasteiger partial charge in [-0.1, -0.05) is 12.8 Å². The standard InChI is InChI=1S/C15H20BrNO3S/c1-20-15-7-6-12(10-13(15)16)21(18,19)17-9-8-11-4-2-3-5-14(11)17/h6-7,10-11,14H,2-5,8-9H2,1H3. The van der Waals surface area contributed by atoms with Gasteiger partial charge in [0.25, 0.3) is 0 Å². The summed E-state index contributed by atoms with van der Waals surface area (Å²) in [6.45, 7) is 0.654. The normalized spacial score (nSPS) is 26.6. The fraction of sp³-hybridized carbons (Fsp3) is 0.600.